The second-order valence-corrected chi connectivity index (χ2v) is 3.40. The van der Waals surface area contributed by atoms with E-state index in [2.05, 4.69) is 0 Å². The first kappa shape index (κ1) is 8.29. The van der Waals surface area contributed by atoms with Gasteiger partial charge in [0.1, 0.15) is 6.17 Å². The fraction of sp³-hybridized carbons (Fsp3) is 0.444. The van der Waals surface area contributed by atoms with E-state index < -0.39 is 6.17 Å². The number of alkyl halides is 1. The van der Waals surface area contributed by atoms with E-state index in [1.807, 2.05) is 0 Å². The second kappa shape index (κ2) is 2.87. The molecule has 2 rings (SSSR count). The van der Waals surface area contributed by atoms with Gasteiger partial charge in [-0.05, 0) is 25.0 Å². The van der Waals surface area contributed by atoms with E-state index >= 15 is 0 Å². The van der Waals surface area contributed by atoms with Gasteiger partial charge in [-0.1, -0.05) is 0 Å². The minimum atomic E-state index is -0.752. The van der Waals surface area contributed by atoms with E-state index in [0.717, 1.165) is 0 Å². The van der Waals surface area contributed by atoms with Crippen molar-refractivity contribution in [3.8, 4) is 0 Å². The molecular weight excluding hydrogens is 171 g/mol. The quantitative estimate of drug-likeness (QED) is 0.707. The van der Waals surface area contributed by atoms with Crippen LogP contribution in [0.4, 0.5) is 10.1 Å². The van der Waals surface area contributed by atoms with Gasteiger partial charge in [-0.15, -0.1) is 0 Å². The van der Waals surface area contributed by atoms with Crippen LogP contribution in [0, 0.1) is 0 Å². The summed E-state index contributed by atoms with van der Waals surface area (Å²) in [5.74, 6) is 0. The Bertz CT molecular complexity index is 368. The van der Waals surface area contributed by atoms with Gasteiger partial charge in [0.2, 0.25) is 0 Å². The molecule has 2 N–H and O–H groups in total. The van der Waals surface area contributed by atoms with Crippen LogP contribution in [0.15, 0.2) is 23.1 Å². The Hall–Kier alpha value is -1.32. The standard InChI is InChI=1S/C9H11FN2O/c10-6-4-7(5-6)12-3-1-2-8(11)9(12)13/h1-3,6-7H,4-5,11H2. The van der Waals surface area contributed by atoms with Crippen molar-refractivity contribution in [2.24, 2.45) is 0 Å². The number of nitrogen functional groups attached to an aromatic ring is 1. The van der Waals surface area contributed by atoms with Crippen LogP contribution in [-0.2, 0) is 0 Å². The molecule has 1 heterocycles. The minimum absolute atomic E-state index is 0.00556. The summed E-state index contributed by atoms with van der Waals surface area (Å²) in [5.41, 5.74) is 5.46. The maximum absolute atomic E-state index is 12.5. The van der Waals surface area contributed by atoms with Gasteiger partial charge < -0.3 is 10.3 Å². The number of pyridine rings is 1. The molecule has 0 aliphatic heterocycles. The molecule has 0 unspecified atom stereocenters. The molecule has 1 saturated carbocycles. The van der Waals surface area contributed by atoms with E-state index in [4.69, 9.17) is 5.73 Å². The van der Waals surface area contributed by atoms with Crippen molar-refractivity contribution in [1.82, 2.24) is 4.57 Å². The number of hydrogen-bond acceptors (Lipinski definition) is 2. The number of nitrogens with zero attached hydrogens (tertiary/aromatic N) is 1. The molecule has 70 valence electrons. The number of rotatable bonds is 1. The summed E-state index contributed by atoms with van der Waals surface area (Å²) in [6.07, 6.45) is 1.78. The molecule has 1 fully saturated rings. The first-order valence-electron chi connectivity index (χ1n) is 4.29. The molecule has 0 amide bonds. The summed E-state index contributed by atoms with van der Waals surface area (Å²) in [5, 5.41) is 0. The number of hydrogen-bond donors (Lipinski definition) is 1. The number of halogens is 1. The van der Waals surface area contributed by atoms with Crippen LogP contribution in [-0.4, -0.2) is 10.7 Å². The summed E-state index contributed by atoms with van der Waals surface area (Å²) >= 11 is 0. The first-order chi connectivity index (χ1) is 6.18. The van der Waals surface area contributed by atoms with Gasteiger partial charge in [-0.2, -0.15) is 0 Å². The number of anilines is 1. The fourth-order valence-electron chi connectivity index (χ4n) is 1.56. The Morgan fingerprint density at radius 1 is 1.54 bits per heavy atom. The summed E-state index contributed by atoms with van der Waals surface area (Å²) < 4.78 is 14.1. The largest absolute Gasteiger partial charge is 0.394 e. The van der Waals surface area contributed by atoms with E-state index in [-0.39, 0.29) is 17.3 Å². The Kier molecular flexibility index (Phi) is 1.83. The number of aromatic nitrogens is 1. The molecule has 1 aliphatic carbocycles. The lowest BCUT2D eigenvalue weighted by Crippen LogP contribution is -2.35. The molecule has 0 radical (unpaired) electrons. The molecule has 13 heavy (non-hydrogen) atoms. The van der Waals surface area contributed by atoms with Crippen molar-refractivity contribution in [1.29, 1.82) is 0 Å². The van der Waals surface area contributed by atoms with E-state index in [9.17, 15) is 9.18 Å². The predicted molar refractivity (Wildman–Crippen MR) is 48.3 cm³/mol. The van der Waals surface area contributed by atoms with Crippen LogP contribution in [0.25, 0.3) is 0 Å². The molecular formula is C9H11FN2O. The zero-order valence-electron chi connectivity index (χ0n) is 7.11. The maximum Gasteiger partial charge on any atom is 0.273 e. The van der Waals surface area contributed by atoms with E-state index in [1.54, 1.807) is 18.3 Å². The highest BCUT2D eigenvalue weighted by molar-refractivity contribution is 5.33. The van der Waals surface area contributed by atoms with Crippen LogP contribution in [0.3, 0.4) is 0 Å². The Labute approximate surface area is 75.0 Å². The van der Waals surface area contributed by atoms with Gasteiger partial charge in [0.05, 0.1) is 5.69 Å². The van der Waals surface area contributed by atoms with Crippen molar-refractivity contribution in [2.75, 3.05) is 5.73 Å². The van der Waals surface area contributed by atoms with Crippen LogP contribution in [0.2, 0.25) is 0 Å². The van der Waals surface area contributed by atoms with Gasteiger partial charge in [0, 0.05) is 12.2 Å². The van der Waals surface area contributed by atoms with Crippen molar-refractivity contribution in [3.05, 3.63) is 28.7 Å². The normalized spacial score (nSPS) is 26.8. The van der Waals surface area contributed by atoms with Gasteiger partial charge in [0.15, 0.2) is 0 Å². The zero-order chi connectivity index (χ0) is 9.42. The van der Waals surface area contributed by atoms with Crippen LogP contribution in [0.5, 0.6) is 0 Å². The molecule has 0 spiro atoms. The van der Waals surface area contributed by atoms with Crippen LogP contribution >= 0.6 is 0 Å². The molecule has 0 bridgehead atoms. The summed E-state index contributed by atoms with van der Waals surface area (Å²) in [4.78, 5) is 11.4. The lowest BCUT2D eigenvalue weighted by Gasteiger charge is -2.31. The Morgan fingerprint density at radius 3 is 2.85 bits per heavy atom. The molecule has 1 aromatic rings. The SMILES string of the molecule is Nc1cccn(C2CC(F)C2)c1=O. The molecule has 3 nitrogen and oxygen atoms in total. The topological polar surface area (TPSA) is 48.0 Å². The Balaban J connectivity index is 2.31. The van der Waals surface area contributed by atoms with E-state index in [1.165, 1.54) is 4.57 Å². The monoisotopic (exact) mass is 182 g/mol. The summed E-state index contributed by atoms with van der Waals surface area (Å²) in [6, 6.07) is 3.28. The molecule has 0 atom stereocenters. The van der Waals surface area contributed by atoms with Crippen LogP contribution in [0.1, 0.15) is 18.9 Å². The molecule has 0 aromatic carbocycles. The van der Waals surface area contributed by atoms with Gasteiger partial charge >= 0.3 is 0 Å². The Morgan fingerprint density at radius 2 is 2.23 bits per heavy atom. The molecule has 4 heteroatoms. The third-order valence-electron chi connectivity index (χ3n) is 2.45. The van der Waals surface area contributed by atoms with Crippen LogP contribution < -0.4 is 11.3 Å². The second-order valence-electron chi connectivity index (χ2n) is 3.40. The average Bonchev–Trinajstić information content (AvgIpc) is 2.05. The predicted octanol–water partition coefficient (Wildman–Crippen LogP) is 1.10. The van der Waals surface area contributed by atoms with Crippen molar-refractivity contribution >= 4 is 5.69 Å². The highest BCUT2D eigenvalue weighted by Crippen LogP contribution is 2.33. The third-order valence-corrected chi connectivity index (χ3v) is 2.45. The van der Waals surface area contributed by atoms with Gasteiger partial charge in [0.25, 0.3) is 5.56 Å². The molecule has 1 aliphatic rings. The van der Waals surface area contributed by atoms with E-state index in [0.29, 0.717) is 12.8 Å². The maximum atomic E-state index is 12.5. The lowest BCUT2D eigenvalue weighted by molar-refractivity contribution is 0.134. The highest BCUT2D eigenvalue weighted by Gasteiger charge is 2.30. The van der Waals surface area contributed by atoms with Crippen molar-refractivity contribution < 1.29 is 4.39 Å². The fourth-order valence-corrected chi connectivity index (χ4v) is 1.56. The van der Waals surface area contributed by atoms with Crippen molar-refractivity contribution in [3.63, 3.8) is 0 Å². The third kappa shape index (κ3) is 1.32. The first-order valence-corrected chi connectivity index (χ1v) is 4.29. The molecule has 1 aromatic heterocycles. The summed E-state index contributed by atoms with van der Waals surface area (Å²) in [6.45, 7) is 0. The molecule has 0 saturated heterocycles. The van der Waals surface area contributed by atoms with Gasteiger partial charge in [-0.3, -0.25) is 4.79 Å². The van der Waals surface area contributed by atoms with Gasteiger partial charge in [-0.25, -0.2) is 4.39 Å². The zero-order valence-corrected chi connectivity index (χ0v) is 7.11. The highest BCUT2D eigenvalue weighted by atomic mass is 19.1. The number of nitrogens with two attached hydrogens (primary N) is 1. The smallest absolute Gasteiger partial charge is 0.273 e. The lowest BCUT2D eigenvalue weighted by atomic mass is 9.90. The van der Waals surface area contributed by atoms with Crippen molar-refractivity contribution in [2.45, 2.75) is 25.1 Å². The average molecular weight is 182 g/mol. The minimum Gasteiger partial charge on any atom is -0.394 e. The summed E-state index contributed by atoms with van der Waals surface area (Å²) in [7, 11) is 0.